The second-order valence-electron chi connectivity index (χ2n) is 6.54. The fourth-order valence-electron chi connectivity index (χ4n) is 3.18. The van der Waals surface area contributed by atoms with Gasteiger partial charge in [-0.3, -0.25) is 9.59 Å². The Morgan fingerprint density at radius 3 is 2.81 bits per heavy atom. The highest BCUT2D eigenvalue weighted by Gasteiger charge is 2.29. The number of nitrogens with two attached hydrogens (primary N) is 1. The summed E-state index contributed by atoms with van der Waals surface area (Å²) in [5.74, 6) is -0.528. The van der Waals surface area contributed by atoms with Gasteiger partial charge in [0.2, 0.25) is 5.91 Å². The normalized spacial score (nSPS) is 17.0. The molecule has 0 aliphatic carbocycles. The molecule has 27 heavy (non-hydrogen) atoms. The SMILES string of the molecule is NCCC(=O)NCC1CCCCN1C(=O)c1csc(-c2ccc(F)cc2)n1. The number of likely N-dealkylation sites (tertiary alicyclic amines) is 1. The molecule has 1 saturated heterocycles. The molecule has 8 heteroatoms. The summed E-state index contributed by atoms with van der Waals surface area (Å²) in [6.07, 6.45) is 3.10. The van der Waals surface area contributed by atoms with Crippen molar-refractivity contribution in [2.75, 3.05) is 19.6 Å². The first-order valence-electron chi connectivity index (χ1n) is 9.07. The molecular formula is C19H23FN4O2S. The van der Waals surface area contributed by atoms with Gasteiger partial charge in [-0.2, -0.15) is 0 Å². The Morgan fingerprint density at radius 2 is 2.07 bits per heavy atom. The molecule has 0 radical (unpaired) electrons. The van der Waals surface area contributed by atoms with E-state index in [0.29, 0.717) is 30.3 Å². The molecule has 1 fully saturated rings. The number of carbonyl (C=O) groups excluding carboxylic acids is 2. The van der Waals surface area contributed by atoms with Gasteiger partial charge < -0.3 is 16.0 Å². The van der Waals surface area contributed by atoms with Gasteiger partial charge in [0.15, 0.2) is 0 Å². The van der Waals surface area contributed by atoms with Crippen LogP contribution in [0.5, 0.6) is 0 Å². The average molecular weight is 390 g/mol. The lowest BCUT2D eigenvalue weighted by Gasteiger charge is -2.35. The molecule has 0 saturated carbocycles. The van der Waals surface area contributed by atoms with Crippen LogP contribution in [0.3, 0.4) is 0 Å². The standard InChI is InChI=1S/C19H23FN4O2S/c20-14-6-4-13(5-7-14)18-23-16(12-27-18)19(26)24-10-2-1-3-15(24)11-22-17(25)8-9-21/h4-7,12,15H,1-3,8-11,21H2,(H,22,25). The second-order valence-corrected chi connectivity index (χ2v) is 7.39. The molecule has 3 rings (SSSR count). The molecule has 1 aromatic heterocycles. The van der Waals surface area contributed by atoms with Gasteiger partial charge in [0.05, 0.1) is 0 Å². The molecule has 3 N–H and O–H groups in total. The van der Waals surface area contributed by atoms with Crippen molar-refractivity contribution < 1.29 is 14.0 Å². The Kier molecular flexibility index (Phi) is 6.52. The Labute approximate surface area is 161 Å². The lowest BCUT2D eigenvalue weighted by molar-refractivity contribution is -0.121. The van der Waals surface area contributed by atoms with Crippen molar-refractivity contribution in [3.63, 3.8) is 0 Å². The maximum atomic E-state index is 13.1. The van der Waals surface area contributed by atoms with Gasteiger partial charge in [0, 0.05) is 43.0 Å². The zero-order valence-electron chi connectivity index (χ0n) is 15.0. The lowest BCUT2D eigenvalue weighted by atomic mass is 10.0. The number of benzene rings is 1. The van der Waals surface area contributed by atoms with E-state index in [0.717, 1.165) is 24.8 Å². The highest BCUT2D eigenvalue weighted by Crippen LogP contribution is 2.26. The van der Waals surface area contributed by atoms with E-state index in [2.05, 4.69) is 10.3 Å². The van der Waals surface area contributed by atoms with Gasteiger partial charge in [0.25, 0.3) is 5.91 Å². The van der Waals surface area contributed by atoms with Crippen LogP contribution in [-0.4, -0.2) is 47.4 Å². The number of amides is 2. The number of piperidine rings is 1. The van der Waals surface area contributed by atoms with Gasteiger partial charge in [-0.15, -0.1) is 11.3 Å². The summed E-state index contributed by atoms with van der Waals surface area (Å²) in [6.45, 7) is 1.39. The van der Waals surface area contributed by atoms with E-state index in [1.807, 2.05) is 0 Å². The van der Waals surface area contributed by atoms with Gasteiger partial charge in [-0.1, -0.05) is 0 Å². The summed E-state index contributed by atoms with van der Waals surface area (Å²) in [7, 11) is 0. The summed E-state index contributed by atoms with van der Waals surface area (Å²) in [5, 5.41) is 5.28. The molecule has 1 aliphatic rings. The number of thiazole rings is 1. The molecule has 2 amide bonds. The number of nitrogens with one attached hydrogen (secondary N) is 1. The fourth-order valence-corrected chi connectivity index (χ4v) is 3.98. The number of carbonyl (C=O) groups is 2. The monoisotopic (exact) mass is 390 g/mol. The fraction of sp³-hybridized carbons (Fsp3) is 0.421. The molecule has 1 aliphatic heterocycles. The number of halogens is 1. The quantitative estimate of drug-likeness (QED) is 0.793. The predicted molar refractivity (Wildman–Crippen MR) is 103 cm³/mol. The molecule has 0 bridgehead atoms. The van der Waals surface area contributed by atoms with Crippen LogP contribution in [0.2, 0.25) is 0 Å². The first kappa shape index (κ1) is 19.4. The van der Waals surface area contributed by atoms with E-state index in [1.165, 1.54) is 23.5 Å². The van der Waals surface area contributed by atoms with Crippen LogP contribution in [0.1, 0.15) is 36.2 Å². The number of hydrogen-bond acceptors (Lipinski definition) is 5. The topological polar surface area (TPSA) is 88.3 Å². The van der Waals surface area contributed by atoms with Crippen molar-refractivity contribution in [1.82, 2.24) is 15.2 Å². The summed E-state index contributed by atoms with van der Waals surface area (Å²) < 4.78 is 13.1. The molecule has 2 aromatic rings. The third-order valence-electron chi connectivity index (χ3n) is 4.61. The maximum Gasteiger partial charge on any atom is 0.273 e. The van der Waals surface area contributed by atoms with Gasteiger partial charge >= 0.3 is 0 Å². The summed E-state index contributed by atoms with van der Waals surface area (Å²) in [5.41, 5.74) is 6.57. The van der Waals surface area contributed by atoms with Crippen molar-refractivity contribution in [2.45, 2.75) is 31.7 Å². The second kappa shape index (κ2) is 9.05. The average Bonchev–Trinajstić information content (AvgIpc) is 3.17. The minimum absolute atomic E-state index is 0.0380. The van der Waals surface area contributed by atoms with E-state index in [9.17, 15) is 14.0 Å². The van der Waals surface area contributed by atoms with Crippen LogP contribution in [0.4, 0.5) is 4.39 Å². The van der Waals surface area contributed by atoms with Crippen molar-refractivity contribution in [3.8, 4) is 10.6 Å². The Morgan fingerprint density at radius 1 is 1.30 bits per heavy atom. The van der Waals surface area contributed by atoms with Gasteiger partial charge in [-0.25, -0.2) is 9.37 Å². The number of nitrogens with zero attached hydrogens (tertiary/aromatic N) is 2. The van der Waals surface area contributed by atoms with Gasteiger partial charge in [0.1, 0.15) is 16.5 Å². The van der Waals surface area contributed by atoms with Gasteiger partial charge in [-0.05, 0) is 43.5 Å². The van der Waals surface area contributed by atoms with E-state index in [-0.39, 0.29) is 30.1 Å². The van der Waals surface area contributed by atoms with Crippen molar-refractivity contribution >= 4 is 23.2 Å². The minimum Gasteiger partial charge on any atom is -0.354 e. The Bertz CT molecular complexity index is 793. The smallest absolute Gasteiger partial charge is 0.273 e. The highest BCUT2D eigenvalue weighted by molar-refractivity contribution is 7.13. The largest absolute Gasteiger partial charge is 0.354 e. The van der Waals surface area contributed by atoms with Crippen LogP contribution in [-0.2, 0) is 4.79 Å². The highest BCUT2D eigenvalue weighted by atomic mass is 32.1. The summed E-state index contributed by atoms with van der Waals surface area (Å²) in [4.78, 5) is 30.9. The molecule has 6 nitrogen and oxygen atoms in total. The maximum absolute atomic E-state index is 13.1. The molecule has 0 spiro atoms. The number of hydrogen-bond donors (Lipinski definition) is 2. The van der Waals surface area contributed by atoms with Crippen molar-refractivity contribution in [3.05, 3.63) is 41.2 Å². The third-order valence-corrected chi connectivity index (χ3v) is 5.50. The van der Waals surface area contributed by atoms with Crippen molar-refractivity contribution in [2.24, 2.45) is 5.73 Å². The zero-order valence-corrected chi connectivity index (χ0v) is 15.8. The molecule has 144 valence electrons. The third kappa shape index (κ3) is 4.90. The van der Waals surface area contributed by atoms with Crippen LogP contribution in [0.25, 0.3) is 10.6 Å². The van der Waals surface area contributed by atoms with Crippen LogP contribution < -0.4 is 11.1 Å². The molecule has 1 unspecified atom stereocenters. The Hall–Kier alpha value is -2.32. The van der Waals surface area contributed by atoms with E-state index >= 15 is 0 Å². The van der Waals surface area contributed by atoms with Crippen molar-refractivity contribution in [1.29, 1.82) is 0 Å². The molecule has 1 aromatic carbocycles. The molecule has 1 atom stereocenters. The number of rotatable bonds is 6. The summed E-state index contributed by atoms with van der Waals surface area (Å²) >= 11 is 1.36. The van der Waals surface area contributed by atoms with Crippen LogP contribution in [0, 0.1) is 5.82 Å². The Balaban J connectivity index is 1.69. The van der Waals surface area contributed by atoms with Crippen LogP contribution in [0.15, 0.2) is 29.6 Å². The summed E-state index contributed by atoms with van der Waals surface area (Å²) in [6, 6.07) is 6.02. The first-order valence-corrected chi connectivity index (χ1v) is 9.95. The van der Waals surface area contributed by atoms with E-state index in [4.69, 9.17) is 5.73 Å². The van der Waals surface area contributed by atoms with E-state index < -0.39 is 0 Å². The lowest BCUT2D eigenvalue weighted by Crippen LogP contribution is -2.49. The number of aromatic nitrogens is 1. The molecule has 2 heterocycles. The minimum atomic E-state index is -0.306. The zero-order chi connectivity index (χ0) is 19.2. The van der Waals surface area contributed by atoms with Crippen LogP contribution >= 0.6 is 11.3 Å². The molecular weight excluding hydrogens is 367 g/mol. The van der Waals surface area contributed by atoms with E-state index in [1.54, 1.807) is 22.4 Å². The predicted octanol–water partition coefficient (Wildman–Crippen LogP) is 2.41. The first-order chi connectivity index (χ1) is 13.1.